The van der Waals surface area contributed by atoms with E-state index in [2.05, 4.69) is 5.32 Å². The van der Waals surface area contributed by atoms with Gasteiger partial charge < -0.3 is 20.1 Å². The summed E-state index contributed by atoms with van der Waals surface area (Å²) in [4.78, 5) is 26.6. The van der Waals surface area contributed by atoms with Crippen LogP contribution in [0, 0.1) is 5.92 Å². The number of nitrogens with one attached hydrogen (secondary N) is 1. The number of esters is 1. The first-order valence-corrected chi connectivity index (χ1v) is 12.1. The fourth-order valence-electron chi connectivity index (χ4n) is 4.97. The molecule has 2 heterocycles. The molecule has 2 aromatic carbocycles. The number of piperidine rings is 1. The summed E-state index contributed by atoms with van der Waals surface area (Å²) in [5.74, 6) is -0.221. The van der Waals surface area contributed by atoms with Gasteiger partial charge in [0.15, 0.2) is 0 Å². The van der Waals surface area contributed by atoms with E-state index in [0.717, 1.165) is 24.8 Å². The van der Waals surface area contributed by atoms with Crippen LogP contribution in [0.3, 0.4) is 0 Å². The molecule has 2 saturated heterocycles. The fraction of sp³-hybridized carbons (Fsp3) is 0.481. The lowest BCUT2D eigenvalue weighted by Crippen LogP contribution is -2.40. The minimum absolute atomic E-state index is 0.0221. The number of aliphatic hydroxyl groups is 1. The molecule has 0 unspecified atom stereocenters. The highest BCUT2D eigenvalue weighted by atomic mass is 16.5. The Kier molecular flexibility index (Phi) is 7.78. The summed E-state index contributed by atoms with van der Waals surface area (Å²) in [6.07, 6.45) is 3.66. The molecule has 0 saturated carbocycles. The van der Waals surface area contributed by atoms with Crippen LogP contribution in [0.15, 0.2) is 54.6 Å². The van der Waals surface area contributed by atoms with E-state index < -0.39 is 6.10 Å². The minimum Gasteiger partial charge on any atom is -0.466 e. The van der Waals surface area contributed by atoms with Gasteiger partial charge >= 0.3 is 5.97 Å². The molecule has 6 heteroatoms. The minimum atomic E-state index is -0.496. The van der Waals surface area contributed by atoms with Crippen LogP contribution in [0.1, 0.15) is 60.2 Å². The summed E-state index contributed by atoms with van der Waals surface area (Å²) in [6, 6.07) is 18.0. The van der Waals surface area contributed by atoms with E-state index in [1.165, 1.54) is 5.56 Å². The number of hydrogen-bond donors (Lipinski definition) is 2. The molecular weight excluding hydrogens is 416 g/mol. The molecule has 2 aliphatic rings. The maximum Gasteiger partial charge on any atom is 0.309 e. The Hall–Kier alpha value is -2.70. The fourth-order valence-corrected chi connectivity index (χ4v) is 4.97. The Morgan fingerprint density at radius 3 is 2.39 bits per heavy atom. The topological polar surface area (TPSA) is 78.9 Å². The molecule has 176 valence electrons. The third-order valence-corrected chi connectivity index (χ3v) is 6.88. The van der Waals surface area contributed by atoms with Crippen molar-refractivity contribution in [2.45, 2.75) is 57.2 Å². The first kappa shape index (κ1) is 23.5. The van der Waals surface area contributed by atoms with Crippen molar-refractivity contribution in [3.63, 3.8) is 0 Å². The Morgan fingerprint density at radius 2 is 1.73 bits per heavy atom. The Balaban J connectivity index is 1.27. The van der Waals surface area contributed by atoms with Gasteiger partial charge in [0.1, 0.15) is 0 Å². The molecule has 3 atom stereocenters. The van der Waals surface area contributed by atoms with Crippen molar-refractivity contribution in [3.8, 4) is 0 Å². The van der Waals surface area contributed by atoms with E-state index in [-0.39, 0.29) is 23.8 Å². The van der Waals surface area contributed by atoms with E-state index in [1.807, 2.05) is 66.4 Å². The lowest BCUT2D eigenvalue weighted by Gasteiger charge is -2.31. The van der Waals surface area contributed by atoms with Crippen LogP contribution in [0.25, 0.3) is 0 Å². The zero-order chi connectivity index (χ0) is 23.2. The molecule has 2 aromatic rings. The highest BCUT2D eigenvalue weighted by molar-refractivity contribution is 5.94. The SMILES string of the molecule is CCOC(=O)C1CCN(C(=O)c2ccc(C[C@@H]3CC[C@H]([C@H](O)c4ccccc4)N3)cc2)CC1. The lowest BCUT2D eigenvalue weighted by atomic mass is 9.96. The highest BCUT2D eigenvalue weighted by Gasteiger charge is 2.30. The second-order valence-corrected chi connectivity index (χ2v) is 9.12. The molecule has 0 spiro atoms. The smallest absolute Gasteiger partial charge is 0.309 e. The third-order valence-electron chi connectivity index (χ3n) is 6.88. The van der Waals surface area contributed by atoms with Crippen molar-refractivity contribution >= 4 is 11.9 Å². The van der Waals surface area contributed by atoms with Crippen LogP contribution in [0.4, 0.5) is 0 Å². The average Bonchev–Trinajstić information content (AvgIpc) is 3.33. The van der Waals surface area contributed by atoms with Crippen LogP contribution in [-0.2, 0) is 16.0 Å². The van der Waals surface area contributed by atoms with Gasteiger partial charge in [0.05, 0.1) is 18.6 Å². The number of ether oxygens (including phenoxy) is 1. The quantitative estimate of drug-likeness (QED) is 0.632. The normalized spacial score (nSPS) is 22.2. The first-order valence-electron chi connectivity index (χ1n) is 12.1. The highest BCUT2D eigenvalue weighted by Crippen LogP contribution is 2.27. The van der Waals surface area contributed by atoms with Gasteiger partial charge in [0.2, 0.25) is 0 Å². The van der Waals surface area contributed by atoms with Crippen molar-refractivity contribution in [2.75, 3.05) is 19.7 Å². The van der Waals surface area contributed by atoms with Crippen LogP contribution in [-0.4, -0.2) is 53.7 Å². The third kappa shape index (κ3) is 5.81. The molecule has 2 N–H and O–H groups in total. The number of aliphatic hydroxyl groups excluding tert-OH is 1. The van der Waals surface area contributed by atoms with Crippen molar-refractivity contribution in [1.29, 1.82) is 0 Å². The predicted octanol–water partition coefficient (Wildman–Crippen LogP) is 3.50. The van der Waals surface area contributed by atoms with E-state index >= 15 is 0 Å². The summed E-state index contributed by atoms with van der Waals surface area (Å²) in [5.41, 5.74) is 2.81. The lowest BCUT2D eigenvalue weighted by molar-refractivity contribution is -0.149. The van der Waals surface area contributed by atoms with E-state index in [9.17, 15) is 14.7 Å². The summed E-state index contributed by atoms with van der Waals surface area (Å²) in [7, 11) is 0. The standard InChI is InChI=1S/C27H34N2O4/c1-2-33-27(32)22-14-16-29(17-15-22)26(31)21-10-8-19(9-11-21)18-23-12-13-24(28-23)25(30)20-6-4-3-5-7-20/h3-11,22-25,28,30H,2,12-18H2,1H3/t23-,24+,25+/m0/s1. The second kappa shape index (κ2) is 10.9. The molecule has 33 heavy (non-hydrogen) atoms. The number of carbonyl (C=O) groups excluding carboxylic acids is 2. The Labute approximate surface area is 195 Å². The molecule has 0 aromatic heterocycles. The number of amides is 1. The average molecular weight is 451 g/mol. The van der Waals surface area contributed by atoms with Gasteiger partial charge in [-0.3, -0.25) is 9.59 Å². The van der Waals surface area contributed by atoms with Gasteiger partial charge in [0, 0.05) is 30.7 Å². The van der Waals surface area contributed by atoms with E-state index in [1.54, 1.807) is 0 Å². The van der Waals surface area contributed by atoms with Crippen molar-refractivity contribution in [3.05, 3.63) is 71.3 Å². The number of nitrogens with zero attached hydrogens (tertiary/aromatic N) is 1. The molecule has 0 aliphatic carbocycles. The van der Waals surface area contributed by atoms with Crippen LogP contribution >= 0.6 is 0 Å². The zero-order valence-electron chi connectivity index (χ0n) is 19.3. The summed E-state index contributed by atoms with van der Waals surface area (Å²) in [5, 5.41) is 14.3. The van der Waals surface area contributed by atoms with Crippen LogP contribution in [0.2, 0.25) is 0 Å². The molecule has 2 aliphatic heterocycles. The molecular formula is C27H34N2O4. The van der Waals surface area contributed by atoms with Gasteiger partial charge in [-0.25, -0.2) is 0 Å². The molecule has 2 fully saturated rings. The van der Waals surface area contributed by atoms with Gasteiger partial charge in [-0.2, -0.15) is 0 Å². The van der Waals surface area contributed by atoms with E-state index in [4.69, 9.17) is 4.74 Å². The first-order chi connectivity index (χ1) is 16.0. The van der Waals surface area contributed by atoms with Crippen LogP contribution in [0.5, 0.6) is 0 Å². The maximum atomic E-state index is 12.9. The Morgan fingerprint density at radius 1 is 1.03 bits per heavy atom. The number of benzene rings is 2. The second-order valence-electron chi connectivity index (χ2n) is 9.12. The summed E-state index contributed by atoms with van der Waals surface area (Å²) >= 11 is 0. The predicted molar refractivity (Wildman–Crippen MR) is 127 cm³/mol. The Bertz CT molecular complexity index is 923. The van der Waals surface area contributed by atoms with Gasteiger partial charge in [-0.1, -0.05) is 42.5 Å². The number of carbonyl (C=O) groups is 2. The van der Waals surface area contributed by atoms with Crippen LogP contribution < -0.4 is 5.32 Å². The van der Waals surface area contributed by atoms with Crippen molar-refractivity contribution < 1.29 is 19.4 Å². The number of rotatable bonds is 7. The number of hydrogen-bond acceptors (Lipinski definition) is 5. The monoisotopic (exact) mass is 450 g/mol. The van der Waals surface area contributed by atoms with Gasteiger partial charge in [-0.05, 0) is 62.3 Å². The molecule has 6 nitrogen and oxygen atoms in total. The largest absolute Gasteiger partial charge is 0.466 e. The summed E-state index contributed by atoms with van der Waals surface area (Å²) in [6.45, 7) is 3.38. The molecule has 0 radical (unpaired) electrons. The number of likely N-dealkylation sites (tertiary alicyclic amines) is 1. The molecule has 0 bridgehead atoms. The summed E-state index contributed by atoms with van der Waals surface area (Å²) < 4.78 is 5.11. The van der Waals surface area contributed by atoms with Gasteiger partial charge in [0.25, 0.3) is 5.91 Å². The zero-order valence-corrected chi connectivity index (χ0v) is 19.3. The van der Waals surface area contributed by atoms with E-state index in [0.29, 0.717) is 44.1 Å². The molecule has 4 rings (SSSR count). The van der Waals surface area contributed by atoms with Crippen molar-refractivity contribution in [1.82, 2.24) is 10.2 Å². The van der Waals surface area contributed by atoms with Gasteiger partial charge in [-0.15, -0.1) is 0 Å². The molecule has 1 amide bonds. The van der Waals surface area contributed by atoms with Crippen molar-refractivity contribution in [2.24, 2.45) is 5.92 Å². The maximum absolute atomic E-state index is 12.9.